The van der Waals surface area contributed by atoms with Crippen LogP contribution in [0.5, 0.6) is 0 Å². The van der Waals surface area contributed by atoms with E-state index in [1.807, 2.05) is 20.8 Å². The third-order valence-electron chi connectivity index (χ3n) is 5.23. The first-order valence-corrected chi connectivity index (χ1v) is 9.72. The molecule has 1 N–H and O–H groups in total. The van der Waals surface area contributed by atoms with Crippen molar-refractivity contribution in [2.45, 2.75) is 64.5 Å². The van der Waals surface area contributed by atoms with Crippen molar-refractivity contribution in [3.63, 3.8) is 0 Å². The Bertz CT molecular complexity index is 936. The van der Waals surface area contributed by atoms with E-state index >= 15 is 0 Å². The standard InChI is InChI=1S/C22H25F3N2O2/c1-21(2,3)16(14-6-4-13(5-7-14)12-22(23,24)25)10-18(28)17-11-19(29)27-20(26-17)15-8-9-15/h4-7,11,15-16H,8-10,12H2,1-3H3,(H,26,27,29)/t16-/m0/s1. The summed E-state index contributed by atoms with van der Waals surface area (Å²) in [6.45, 7) is 5.94. The summed E-state index contributed by atoms with van der Waals surface area (Å²) < 4.78 is 37.8. The number of nitrogens with one attached hydrogen (secondary N) is 1. The lowest BCUT2D eigenvalue weighted by Gasteiger charge is -2.31. The average Bonchev–Trinajstić information content (AvgIpc) is 3.42. The Morgan fingerprint density at radius 1 is 1.17 bits per heavy atom. The van der Waals surface area contributed by atoms with E-state index in [1.165, 1.54) is 18.2 Å². The molecule has 0 aliphatic heterocycles. The number of carbonyl (C=O) groups excluding carboxylic acids is 1. The molecule has 1 aromatic heterocycles. The van der Waals surface area contributed by atoms with Crippen LogP contribution in [0.15, 0.2) is 35.1 Å². The number of ketones is 1. The normalized spacial score (nSPS) is 15.9. The Morgan fingerprint density at radius 3 is 2.31 bits per heavy atom. The van der Waals surface area contributed by atoms with E-state index in [0.29, 0.717) is 5.82 Å². The number of aromatic amines is 1. The van der Waals surface area contributed by atoms with Crippen molar-refractivity contribution in [1.82, 2.24) is 9.97 Å². The van der Waals surface area contributed by atoms with Gasteiger partial charge in [0.2, 0.25) is 0 Å². The second kappa shape index (κ2) is 7.76. The number of hydrogen-bond donors (Lipinski definition) is 1. The summed E-state index contributed by atoms with van der Waals surface area (Å²) in [5.41, 5.74) is 0.490. The highest BCUT2D eigenvalue weighted by Gasteiger charge is 2.32. The number of benzene rings is 1. The predicted molar refractivity (Wildman–Crippen MR) is 104 cm³/mol. The van der Waals surface area contributed by atoms with Gasteiger partial charge in [0, 0.05) is 18.4 Å². The van der Waals surface area contributed by atoms with Gasteiger partial charge in [-0.2, -0.15) is 13.2 Å². The highest BCUT2D eigenvalue weighted by Crippen LogP contribution is 2.40. The Labute approximate surface area is 167 Å². The monoisotopic (exact) mass is 406 g/mol. The Hall–Kier alpha value is -2.44. The van der Waals surface area contributed by atoms with Gasteiger partial charge >= 0.3 is 6.18 Å². The van der Waals surface area contributed by atoms with Gasteiger partial charge in [-0.05, 0) is 35.3 Å². The molecule has 1 saturated carbocycles. The third-order valence-corrected chi connectivity index (χ3v) is 5.23. The lowest BCUT2D eigenvalue weighted by Crippen LogP contribution is -2.23. The molecule has 3 rings (SSSR count). The molecule has 0 saturated heterocycles. The van der Waals surface area contributed by atoms with Crippen LogP contribution in [-0.2, 0) is 6.42 Å². The molecular weight excluding hydrogens is 381 g/mol. The number of H-pyrrole nitrogens is 1. The zero-order chi connectivity index (χ0) is 21.4. The van der Waals surface area contributed by atoms with Crippen molar-refractivity contribution in [2.75, 3.05) is 0 Å². The number of halogens is 3. The van der Waals surface area contributed by atoms with Gasteiger partial charge in [-0.1, -0.05) is 45.0 Å². The van der Waals surface area contributed by atoms with E-state index in [9.17, 15) is 22.8 Å². The molecule has 1 heterocycles. The second-order valence-electron chi connectivity index (χ2n) is 8.87. The van der Waals surface area contributed by atoms with E-state index in [-0.39, 0.29) is 46.3 Å². The van der Waals surface area contributed by atoms with E-state index in [0.717, 1.165) is 18.4 Å². The molecule has 29 heavy (non-hydrogen) atoms. The summed E-state index contributed by atoms with van der Waals surface area (Å²) in [7, 11) is 0. The molecule has 1 aliphatic rings. The summed E-state index contributed by atoms with van der Waals surface area (Å²) in [4.78, 5) is 31.9. The summed E-state index contributed by atoms with van der Waals surface area (Å²) in [5, 5.41) is 0. The molecule has 1 atom stereocenters. The smallest absolute Gasteiger partial charge is 0.310 e. The lowest BCUT2D eigenvalue weighted by atomic mass is 9.73. The molecule has 156 valence electrons. The molecule has 0 amide bonds. The van der Waals surface area contributed by atoms with Crippen molar-refractivity contribution in [1.29, 1.82) is 0 Å². The number of Topliss-reactive ketones (excluding diaryl/α,β-unsaturated/α-hetero) is 1. The quantitative estimate of drug-likeness (QED) is 0.675. The van der Waals surface area contributed by atoms with E-state index < -0.39 is 12.6 Å². The Morgan fingerprint density at radius 2 is 1.79 bits per heavy atom. The number of carbonyl (C=O) groups is 1. The fourth-order valence-corrected chi connectivity index (χ4v) is 3.48. The van der Waals surface area contributed by atoms with Crippen LogP contribution >= 0.6 is 0 Å². The minimum atomic E-state index is -4.26. The minimum absolute atomic E-state index is 0.128. The van der Waals surface area contributed by atoms with Crippen molar-refractivity contribution in [3.05, 3.63) is 63.3 Å². The maximum Gasteiger partial charge on any atom is 0.393 e. The molecule has 0 spiro atoms. The number of nitrogens with zero attached hydrogens (tertiary/aromatic N) is 1. The predicted octanol–water partition coefficient (Wildman–Crippen LogP) is 5.15. The molecule has 4 nitrogen and oxygen atoms in total. The second-order valence-corrected chi connectivity index (χ2v) is 8.87. The van der Waals surface area contributed by atoms with Crippen LogP contribution in [0.4, 0.5) is 13.2 Å². The molecule has 1 aromatic carbocycles. The highest BCUT2D eigenvalue weighted by molar-refractivity contribution is 5.94. The summed E-state index contributed by atoms with van der Waals surface area (Å²) in [6.07, 6.45) is -3.20. The van der Waals surface area contributed by atoms with Crippen LogP contribution in [-0.4, -0.2) is 21.9 Å². The van der Waals surface area contributed by atoms with Gasteiger partial charge in [0.25, 0.3) is 5.56 Å². The highest BCUT2D eigenvalue weighted by atomic mass is 19.4. The molecule has 1 aliphatic carbocycles. The first-order valence-electron chi connectivity index (χ1n) is 9.72. The lowest BCUT2D eigenvalue weighted by molar-refractivity contribution is -0.127. The minimum Gasteiger partial charge on any atom is -0.310 e. The van der Waals surface area contributed by atoms with Gasteiger partial charge in [-0.15, -0.1) is 0 Å². The van der Waals surface area contributed by atoms with Crippen molar-refractivity contribution >= 4 is 5.78 Å². The number of rotatable bonds is 6. The molecule has 2 aromatic rings. The van der Waals surface area contributed by atoms with Crippen LogP contribution in [0.25, 0.3) is 0 Å². The summed E-state index contributed by atoms with van der Waals surface area (Å²) in [5.74, 6) is 0.317. The average molecular weight is 406 g/mol. The van der Waals surface area contributed by atoms with Crippen LogP contribution < -0.4 is 5.56 Å². The van der Waals surface area contributed by atoms with E-state index in [1.54, 1.807) is 12.1 Å². The fraction of sp³-hybridized carbons (Fsp3) is 0.500. The molecule has 0 radical (unpaired) electrons. The largest absolute Gasteiger partial charge is 0.393 e. The number of alkyl halides is 3. The number of hydrogen-bond acceptors (Lipinski definition) is 3. The summed E-state index contributed by atoms with van der Waals surface area (Å²) in [6, 6.07) is 7.46. The van der Waals surface area contributed by atoms with E-state index in [4.69, 9.17) is 0 Å². The molecule has 7 heteroatoms. The van der Waals surface area contributed by atoms with Gasteiger partial charge in [-0.25, -0.2) is 4.98 Å². The first-order chi connectivity index (χ1) is 13.4. The fourth-order valence-electron chi connectivity index (χ4n) is 3.48. The number of aromatic nitrogens is 2. The molecular formula is C22H25F3N2O2. The molecule has 0 unspecified atom stereocenters. The van der Waals surface area contributed by atoms with Gasteiger partial charge in [-0.3, -0.25) is 9.59 Å². The van der Waals surface area contributed by atoms with Gasteiger partial charge in [0.05, 0.1) is 6.42 Å². The zero-order valence-electron chi connectivity index (χ0n) is 16.8. The van der Waals surface area contributed by atoms with Crippen LogP contribution in [0.1, 0.15) is 79.3 Å². The Kier molecular flexibility index (Phi) is 5.70. The molecule has 0 bridgehead atoms. The zero-order valence-corrected chi connectivity index (χ0v) is 16.8. The molecule has 1 fully saturated rings. The van der Waals surface area contributed by atoms with Crippen molar-refractivity contribution in [3.8, 4) is 0 Å². The van der Waals surface area contributed by atoms with Crippen molar-refractivity contribution in [2.24, 2.45) is 5.41 Å². The van der Waals surface area contributed by atoms with Gasteiger partial charge in [0.1, 0.15) is 11.5 Å². The van der Waals surface area contributed by atoms with E-state index in [2.05, 4.69) is 9.97 Å². The maximum absolute atomic E-state index is 12.9. The van der Waals surface area contributed by atoms with Gasteiger partial charge in [0.15, 0.2) is 5.78 Å². The third kappa shape index (κ3) is 5.78. The Balaban J connectivity index is 1.83. The van der Waals surface area contributed by atoms with Crippen molar-refractivity contribution < 1.29 is 18.0 Å². The van der Waals surface area contributed by atoms with Crippen LogP contribution in [0, 0.1) is 5.41 Å². The first kappa shape index (κ1) is 21.3. The maximum atomic E-state index is 12.9. The SMILES string of the molecule is CC(C)(C)[C@@H](CC(=O)c1cc(=O)[nH]c(C2CC2)n1)c1ccc(CC(F)(F)F)cc1. The van der Waals surface area contributed by atoms with Gasteiger partial charge < -0.3 is 4.98 Å². The van der Waals surface area contributed by atoms with Crippen LogP contribution in [0.2, 0.25) is 0 Å². The summed E-state index contributed by atoms with van der Waals surface area (Å²) >= 11 is 0. The van der Waals surface area contributed by atoms with Crippen LogP contribution in [0.3, 0.4) is 0 Å². The topological polar surface area (TPSA) is 62.8 Å².